The molecule has 0 saturated carbocycles. The third kappa shape index (κ3) is 2.29. The minimum absolute atomic E-state index is 0.00482. The van der Waals surface area contributed by atoms with Crippen LogP contribution >= 0.6 is 11.3 Å². The molecule has 1 unspecified atom stereocenters. The molecule has 22 heavy (non-hydrogen) atoms. The lowest BCUT2D eigenvalue weighted by molar-refractivity contribution is -0.150. The molecule has 5 heteroatoms. The summed E-state index contributed by atoms with van der Waals surface area (Å²) in [6.45, 7) is 4.65. The van der Waals surface area contributed by atoms with Gasteiger partial charge in [0.1, 0.15) is 0 Å². The standard InChI is InChI=1S/C17H19NO3S/c1-11(2)17(16(20)21)7-8-18(10-17)15(19)14-9-12-5-3-4-6-13(12)22-14/h3-6,9,11H,7-8,10H2,1-2H3,(H,20,21). The molecule has 2 heterocycles. The minimum atomic E-state index is -0.813. The Morgan fingerprint density at radius 3 is 2.64 bits per heavy atom. The van der Waals surface area contributed by atoms with Crippen molar-refractivity contribution in [1.29, 1.82) is 0 Å². The highest BCUT2D eigenvalue weighted by atomic mass is 32.1. The fraction of sp³-hybridized carbons (Fsp3) is 0.412. The molecule has 3 rings (SSSR count). The van der Waals surface area contributed by atoms with Crippen molar-refractivity contribution in [2.75, 3.05) is 13.1 Å². The van der Waals surface area contributed by atoms with Gasteiger partial charge in [0, 0.05) is 17.8 Å². The van der Waals surface area contributed by atoms with Crippen LogP contribution < -0.4 is 0 Å². The van der Waals surface area contributed by atoms with Gasteiger partial charge in [-0.15, -0.1) is 11.3 Å². The van der Waals surface area contributed by atoms with Crippen molar-refractivity contribution < 1.29 is 14.7 Å². The second-order valence-corrected chi connectivity index (χ2v) is 7.32. The third-order valence-corrected chi connectivity index (χ3v) is 5.86. The van der Waals surface area contributed by atoms with Gasteiger partial charge in [-0.2, -0.15) is 0 Å². The number of carboxylic acids is 1. The second kappa shape index (κ2) is 5.39. The maximum atomic E-state index is 12.7. The number of hydrogen-bond acceptors (Lipinski definition) is 3. The predicted octanol–water partition coefficient (Wildman–Crippen LogP) is 3.47. The maximum absolute atomic E-state index is 12.7. The first-order valence-corrected chi connectivity index (χ1v) is 8.27. The average Bonchev–Trinajstić information content (AvgIpc) is 3.11. The van der Waals surface area contributed by atoms with Crippen molar-refractivity contribution in [3.05, 3.63) is 35.2 Å². The van der Waals surface area contributed by atoms with Crippen LogP contribution in [-0.2, 0) is 4.79 Å². The van der Waals surface area contributed by atoms with E-state index >= 15 is 0 Å². The first-order chi connectivity index (χ1) is 10.4. The molecule has 2 aromatic rings. The van der Waals surface area contributed by atoms with E-state index in [0.717, 1.165) is 10.1 Å². The topological polar surface area (TPSA) is 57.6 Å². The molecule has 4 nitrogen and oxygen atoms in total. The Morgan fingerprint density at radius 2 is 2.05 bits per heavy atom. The molecule has 1 N–H and O–H groups in total. The van der Waals surface area contributed by atoms with E-state index < -0.39 is 11.4 Å². The van der Waals surface area contributed by atoms with Gasteiger partial charge in [0.05, 0.1) is 10.3 Å². The Morgan fingerprint density at radius 1 is 1.32 bits per heavy atom. The van der Waals surface area contributed by atoms with Crippen LogP contribution in [0.5, 0.6) is 0 Å². The number of benzene rings is 1. The number of nitrogens with zero attached hydrogens (tertiary/aromatic N) is 1. The lowest BCUT2D eigenvalue weighted by Crippen LogP contribution is -2.40. The van der Waals surface area contributed by atoms with Gasteiger partial charge in [-0.1, -0.05) is 32.0 Å². The largest absolute Gasteiger partial charge is 0.481 e. The number of thiophene rings is 1. The van der Waals surface area contributed by atoms with Crippen molar-refractivity contribution in [2.45, 2.75) is 20.3 Å². The van der Waals surface area contributed by atoms with Crippen molar-refractivity contribution >= 4 is 33.3 Å². The Hall–Kier alpha value is -1.88. The molecular formula is C17H19NO3S. The summed E-state index contributed by atoms with van der Waals surface area (Å²) in [5.74, 6) is -0.843. The molecule has 0 spiro atoms. The normalized spacial score (nSPS) is 21.7. The van der Waals surface area contributed by atoms with Crippen LogP contribution in [0.3, 0.4) is 0 Å². The fourth-order valence-electron chi connectivity index (χ4n) is 3.14. The lowest BCUT2D eigenvalue weighted by Gasteiger charge is -2.28. The predicted molar refractivity (Wildman–Crippen MR) is 87.3 cm³/mol. The van der Waals surface area contributed by atoms with Gasteiger partial charge in [0.2, 0.25) is 0 Å². The number of hydrogen-bond donors (Lipinski definition) is 1. The third-order valence-electron chi connectivity index (χ3n) is 4.76. The van der Waals surface area contributed by atoms with Gasteiger partial charge in [-0.25, -0.2) is 0 Å². The highest BCUT2D eigenvalue weighted by molar-refractivity contribution is 7.20. The minimum Gasteiger partial charge on any atom is -0.481 e. The molecule has 1 saturated heterocycles. The fourth-order valence-corrected chi connectivity index (χ4v) is 4.17. The van der Waals surface area contributed by atoms with Crippen LogP contribution in [0, 0.1) is 11.3 Å². The van der Waals surface area contributed by atoms with Crippen LogP contribution in [0.2, 0.25) is 0 Å². The van der Waals surface area contributed by atoms with Gasteiger partial charge >= 0.3 is 5.97 Å². The van der Waals surface area contributed by atoms with E-state index in [-0.39, 0.29) is 11.8 Å². The highest BCUT2D eigenvalue weighted by Crippen LogP contribution is 2.39. The molecule has 1 atom stereocenters. The molecule has 1 aliphatic heterocycles. The summed E-state index contributed by atoms with van der Waals surface area (Å²) in [6, 6.07) is 9.79. The van der Waals surface area contributed by atoms with Gasteiger partial charge < -0.3 is 10.0 Å². The van der Waals surface area contributed by atoms with Gasteiger partial charge in [0.15, 0.2) is 0 Å². The first kappa shape index (κ1) is 15.0. The number of carbonyl (C=O) groups excluding carboxylic acids is 1. The Kier molecular flexibility index (Phi) is 3.68. The Balaban J connectivity index is 1.86. The summed E-state index contributed by atoms with van der Waals surface area (Å²) < 4.78 is 1.08. The van der Waals surface area contributed by atoms with E-state index in [0.29, 0.717) is 24.4 Å². The van der Waals surface area contributed by atoms with Crippen LogP contribution in [0.1, 0.15) is 29.9 Å². The van der Waals surface area contributed by atoms with Crippen molar-refractivity contribution in [2.24, 2.45) is 11.3 Å². The summed E-state index contributed by atoms with van der Waals surface area (Å²) in [7, 11) is 0. The molecule has 1 aromatic heterocycles. The van der Waals surface area contributed by atoms with E-state index in [1.165, 1.54) is 11.3 Å². The molecule has 1 amide bonds. The number of carbonyl (C=O) groups is 2. The number of rotatable bonds is 3. The SMILES string of the molecule is CC(C)C1(C(=O)O)CCN(C(=O)c2cc3ccccc3s2)C1. The van der Waals surface area contributed by atoms with Crippen LogP contribution in [-0.4, -0.2) is 35.0 Å². The summed E-state index contributed by atoms with van der Waals surface area (Å²) in [5.41, 5.74) is -0.813. The van der Waals surface area contributed by atoms with Crippen LogP contribution in [0.15, 0.2) is 30.3 Å². The molecule has 116 valence electrons. The number of aliphatic carboxylic acids is 1. The zero-order chi connectivity index (χ0) is 15.9. The second-order valence-electron chi connectivity index (χ2n) is 6.24. The summed E-state index contributed by atoms with van der Waals surface area (Å²) in [5, 5.41) is 10.6. The Labute approximate surface area is 133 Å². The quantitative estimate of drug-likeness (QED) is 0.943. The van der Waals surface area contributed by atoms with E-state index in [1.54, 1.807) is 4.90 Å². The zero-order valence-electron chi connectivity index (χ0n) is 12.7. The first-order valence-electron chi connectivity index (χ1n) is 7.45. The van der Waals surface area contributed by atoms with Crippen LogP contribution in [0.4, 0.5) is 0 Å². The average molecular weight is 317 g/mol. The van der Waals surface area contributed by atoms with E-state index in [9.17, 15) is 14.7 Å². The molecule has 0 radical (unpaired) electrons. The van der Waals surface area contributed by atoms with Gasteiger partial charge in [-0.05, 0) is 29.9 Å². The van der Waals surface area contributed by atoms with E-state index in [1.807, 2.05) is 44.2 Å². The molecule has 0 aliphatic carbocycles. The number of amides is 1. The molecular weight excluding hydrogens is 298 g/mol. The van der Waals surface area contributed by atoms with Crippen molar-refractivity contribution in [3.63, 3.8) is 0 Å². The molecule has 0 bridgehead atoms. The molecule has 1 aliphatic rings. The lowest BCUT2D eigenvalue weighted by atomic mass is 9.76. The van der Waals surface area contributed by atoms with Crippen molar-refractivity contribution in [3.8, 4) is 0 Å². The number of fused-ring (bicyclic) bond motifs is 1. The smallest absolute Gasteiger partial charge is 0.311 e. The van der Waals surface area contributed by atoms with Crippen LogP contribution in [0.25, 0.3) is 10.1 Å². The maximum Gasteiger partial charge on any atom is 0.311 e. The van der Waals surface area contributed by atoms with Gasteiger partial charge in [-0.3, -0.25) is 9.59 Å². The summed E-state index contributed by atoms with van der Waals surface area (Å²) in [4.78, 5) is 26.7. The monoisotopic (exact) mass is 317 g/mol. The molecule has 1 aromatic carbocycles. The van der Waals surface area contributed by atoms with E-state index in [2.05, 4.69) is 0 Å². The van der Waals surface area contributed by atoms with Crippen molar-refractivity contribution in [1.82, 2.24) is 4.90 Å². The van der Waals surface area contributed by atoms with E-state index in [4.69, 9.17) is 0 Å². The number of carboxylic acid groups (broad SMARTS) is 1. The highest BCUT2D eigenvalue weighted by Gasteiger charge is 2.48. The summed E-state index contributed by atoms with van der Waals surface area (Å²) in [6.07, 6.45) is 0.524. The van der Waals surface area contributed by atoms with Gasteiger partial charge in [0.25, 0.3) is 5.91 Å². The number of likely N-dealkylation sites (tertiary alicyclic amines) is 1. The Bertz CT molecular complexity index is 703. The zero-order valence-corrected chi connectivity index (χ0v) is 13.5. The summed E-state index contributed by atoms with van der Waals surface area (Å²) >= 11 is 1.47. The molecule has 1 fully saturated rings.